The fraction of sp³-hybridized carbons (Fsp3) is 0.500. The number of fused-ring (bicyclic) bond motifs is 1. The first-order valence-electron chi connectivity index (χ1n) is 4.63. The first-order chi connectivity index (χ1) is 6.31. The molecule has 0 aromatic carbocycles. The lowest BCUT2D eigenvalue weighted by Crippen LogP contribution is -2.21. The molecule has 2 heterocycles. The van der Waals surface area contributed by atoms with Gasteiger partial charge in [0.2, 0.25) is 0 Å². The van der Waals surface area contributed by atoms with Crippen molar-refractivity contribution in [2.75, 3.05) is 6.61 Å². The van der Waals surface area contributed by atoms with Crippen LogP contribution in [-0.4, -0.2) is 11.6 Å². The van der Waals surface area contributed by atoms with Gasteiger partial charge in [-0.05, 0) is 6.42 Å². The maximum atomic E-state index is 11.5. The third-order valence-corrected chi connectivity index (χ3v) is 2.40. The molecule has 3 heteroatoms. The first-order valence-corrected chi connectivity index (χ1v) is 4.63. The number of aryl methyl sites for hydroxylation is 1. The molecular formula is C10H13NO2. The molecule has 0 atom stereocenters. The van der Waals surface area contributed by atoms with Gasteiger partial charge in [-0.1, -0.05) is 6.92 Å². The number of aromatic amines is 1. The summed E-state index contributed by atoms with van der Waals surface area (Å²) in [5.74, 6) is 0. The summed E-state index contributed by atoms with van der Waals surface area (Å²) in [5.41, 5.74) is 3.01. The van der Waals surface area contributed by atoms with Crippen LogP contribution in [0, 0.1) is 0 Å². The van der Waals surface area contributed by atoms with E-state index in [-0.39, 0.29) is 5.43 Å². The van der Waals surface area contributed by atoms with E-state index in [9.17, 15) is 4.79 Å². The van der Waals surface area contributed by atoms with Gasteiger partial charge in [0, 0.05) is 29.4 Å². The van der Waals surface area contributed by atoms with Crippen molar-refractivity contribution >= 4 is 0 Å². The van der Waals surface area contributed by atoms with Gasteiger partial charge in [0.25, 0.3) is 0 Å². The van der Waals surface area contributed by atoms with Crippen LogP contribution in [0.2, 0.25) is 0 Å². The molecule has 1 aliphatic heterocycles. The molecular weight excluding hydrogens is 166 g/mol. The smallest absolute Gasteiger partial charge is 0.187 e. The lowest BCUT2D eigenvalue weighted by molar-refractivity contribution is 0.108. The average Bonchev–Trinajstić information content (AvgIpc) is 2.18. The molecule has 1 N–H and O–H groups in total. The summed E-state index contributed by atoms with van der Waals surface area (Å²) in [5, 5.41) is 0. The molecule has 1 aromatic rings. The van der Waals surface area contributed by atoms with E-state index in [0.29, 0.717) is 6.61 Å². The van der Waals surface area contributed by atoms with E-state index in [1.807, 2.05) is 6.92 Å². The summed E-state index contributed by atoms with van der Waals surface area (Å²) in [4.78, 5) is 14.8. The van der Waals surface area contributed by atoms with Gasteiger partial charge in [0.1, 0.15) is 0 Å². The maximum absolute atomic E-state index is 11.5. The molecule has 0 unspecified atom stereocenters. The lowest BCUT2D eigenvalue weighted by atomic mass is 10.1. The Kier molecular flexibility index (Phi) is 2.19. The fourth-order valence-electron chi connectivity index (χ4n) is 1.61. The van der Waals surface area contributed by atoms with Crippen molar-refractivity contribution in [3.8, 4) is 0 Å². The topological polar surface area (TPSA) is 42.1 Å². The highest BCUT2D eigenvalue weighted by molar-refractivity contribution is 5.24. The standard InChI is InChI=1S/C10H13NO2/c1-2-7-5-10(12)8-6-13-4-3-9(8)11-7/h5H,2-4,6H2,1H3,(H,11,12). The predicted molar refractivity (Wildman–Crippen MR) is 49.8 cm³/mol. The largest absolute Gasteiger partial charge is 0.376 e. The van der Waals surface area contributed by atoms with Gasteiger partial charge in [-0.2, -0.15) is 0 Å². The third kappa shape index (κ3) is 1.52. The van der Waals surface area contributed by atoms with Gasteiger partial charge in [-0.25, -0.2) is 0 Å². The minimum absolute atomic E-state index is 0.116. The van der Waals surface area contributed by atoms with Gasteiger partial charge in [0.15, 0.2) is 5.43 Å². The SMILES string of the molecule is CCc1cc(=O)c2c([nH]1)CCOC2. The number of ether oxygens (including phenoxy) is 1. The van der Waals surface area contributed by atoms with Gasteiger partial charge in [-0.3, -0.25) is 4.79 Å². The molecule has 0 spiro atoms. The van der Waals surface area contributed by atoms with Crippen LogP contribution in [0.1, 0.15) is 23.9 Å². The second kappa shape index (κ2) is 3.34. The van der Waals surface area contributed by atoms with Crippen molar-refractivity contribution in [2.45, 2.75) is 26.4 Å². The number of H-pyrrole nitrogens is 1. The maximum Gasteiger partial charge on any atom is 0.187 e. The number of hydrogen-bond donors (Lipinski definition) is 1. The Morgan fingerprint density at radius 3 is 3.23 bits per heavy atom. The number of pyridine rings is 1. The Morgan fingerprint density at radius 2 is 2.46 bits per heavy atom. The van der Waals surface area contributed by atoms with E-state index in [4.69, 9.17) is 4.74 Å². The van der Waals surface area contributed by atoms with Crippen molar-refractivity contribution in [1.82, 2.24) is 4.98 Å². The average molecular weight is 179 g/mol. The summed E-state index contributed by atoms with van der Waals surface area (Å²) in [6.07, 6.45) is 1.71. The molecule has 3 nitrogen and oxygen atoms in total. The van der Waals surface area contributed by atoms with Crippen molar-refractivity contribution in [1.29, 1.82) is 0 Å². The fourth-order valence-corrected chi connectivity index (χ4v) is 1.61. The first kappa shape index (κ1) is 8.51. The van der Waals surface area contributed by atoms with E-state index >= 15 is 0 Å². The Bertz CT molecular complexity index is 368. The van der Waals surface area contributed by atoms with Gasteiger partial charge < -0.3 is 9.72 Å². The molecule has 0 fully saturated rings. The molecule has 13 heavy (non-hydrogen) atoms. The molecule has 1 aromatic heterocycles. The Balaban J connectivity index is 2.53. The minimum Gasteiger partial charge on any atom is -0.376 e. The predicted octanol–water partition coefficient (Wildman–Crippen LogP) is 1.01. The van der Waals surface area contributed by atoms with Crippen LogP contribution in [0.4, 0.5) is 0 Å². The Labute approximate surface area is 76.7 Å². The Hall–Kier alpha value is -1.09. The number of aromatic nitrogens is 1. The van der Waals surface area contributed by atoms with Crippen LogP contribution in [0.3, 0.4) is 0 Å². The molecule has 0 saturated heterocycles. The number of hydrogen-bond acceptors (Lipinski definition) is 2. The molecule has 70 valence electrons. The van der Waals surface area contributed by atoms with Crippen molar-refractivity contribution in [2.24, 2.45) is 0 Å². The van der Waals surface area contributed by atoms with E-state index in [1.54, 1.807) is 6.07 Å². The van der Waals surface area contributed by atoms with E-state index in [2.05, 4.69) is 4.98 Å². The highest BCUT2D eigenvalue weighted by Gasteiger charge is 2.13. The number of rotatable bonds is 1. The van der Waals surface area contributed by atoms with Crippen LogP contribution in [-0.2, 0) is 24.2 Å². The second-order valence-electron chi connectivity index (χ2n) is 3.27. The molecule has 0 amide bonds. The van der Waals surface area contributed by atoms with Crippen LogP contribution >= 0.6 is 0 Å². The quantitative estimate of drug-likeness (QED) is 0.699. The van der Waals surface area contributed by atoms with Gasteiger partial charge >= 0.3 is 0 Å². The van der Waals surface area contributed by atoms with Crippen molar-refractivity contribution < 1.29 is 4.74 Å². The number of nitrogens with one attached hydrogen (secondary N) is 1. The third-order valence-electron chi connectivity index (χ3n) is 2.40. The van der Waals surface area contributed by atoms with Gasteiger partial charge in [0.05, 0.1) is 13.2 Å². The molecule has 1 aliphatic rings. The molecule has 2 rings (SSSR count). The summed E-state index contributed by atoms with van der Waals surface area (Å²) in [7, 11) is 0. The normalized spacial score (nSPS) is 15.5. The molecule has 0 radical (unpaired) electrons. The van der Waals surface area contributed by atoms with Crippen LogP contribution in [0.15, 0.2) is 10.9 Å². The van der Waals surface area contributed by atoms with Crippen molar-refractivity contribution in [3.05, 3.63) is 33.2 Å². The summed E-state index contributed by atoms with van der Waals surface area (Å²) in [6.45, 7) is 3.22. The monoisotopic (exact) mass is 179 g/mol. The van der Waals surface area contributed by atoms with Crippen molar-refractivity contribution in [3.63, 3.8) is 0 Å². The highest BCUT2D eigenvalue weighted by Crippen LogP contribution is 2.11. The van der Waals surface area contributed by atoms with E-state index < -0.39 is 0 Å². The van der Waals surface area contributed by atoms with Gasteiger partial charge in [-0.15, -0.1) is 0 Å². The molecule has 0 saturated carbocycles. The Morgan fingerprint density at radius 1 is 1.62 bits per heavy atom. The lowest BCUT2D eigenvalue weighted by Gasteiger charge is -2.16. The zero-order valence-corrected chi connectivity index (χ0v) is 7.72. The van der Waals surface area contributed by atoms with Crippen LogP contribution in [0.25, 0.3) is 0 Å². The van der Waals surface area contributed by atoms with Crippen LogP contribution < -0.4 is 5.43 Å². The summed E-state index contributed by atoms with van der Waals surface area (Å²) < 4.78 is 5.23. The zero-order chi connectivity index (χ0) is 9.26. The van der Waals surface area contributed by atoms with E-state index in [0.717, 1.165) is 36.4 Å². The summed E-state index contributed by atoms with van der Waals surface area (Å²) >= 11 is 0. The minimum atomic E-state index is 0.116. The molecule has 0 aliphatic carbocycles. The van der Waals surface area contributed by atoms with Crippen LogP contribution in [0.5, 0.6) is 0 Å². The highest BCUT2D eigenvalue weighted by atomic mass is 16.5. The van der Waals surface area contributed by atoms with E-state index in [1.165, 1.54) is 0 Å². The second-order valence-corrected chi connectivity index (χ2v) is 3.27. The molecule has 0 bridgehead atoms. The summed E-state index contributed by atoms with van der Waals surface area (Å²) in [6, 6.07) is 1.67. The zero-order valence-electron chi connectivity index (χ0n) is 7.72.